The summed E-state index contributed by atoms with van der Waals surface area (Å²) in [4.78, 5) is 2.63. The zero-order chi connectivity index (χ0) is 14.8. The Kier molecular flexibility index (Phi) is 4.87. The van der Waals surface area contributed by atoms with Gasteiger partial charge in [0.15, 0.2) is 0 Å². The van der Waals surface area contributed by atoms with Gasteiger partial charge in [0.05, 0.1) is 7.11 Å². The highest BCUT2D eigenvalue weighted by molar-refractivity contribution is 9.10. The van der Waals surface area contributed by atoms with Crippen molar-refractivity contribution in [1.29, 1.82) is 0 Å². The Labute approximate surface area is 136 Å². The fraction of sp³-hybridized carbons (Fsp3) is 0.647. The van der Waals surface area contributed by atoms with Gasteiger partial charge in [-0.1, -0.05) is 22.9 Å². The Bertz CT molecular complexity index is 482. The average molecular weight is 353 g/mol. The average Bonchev–Trinajstić information content (AvgIpc) is 2.84. The maximum absolute atomic E-state index is 5.37. The second-order valence-electron chi connectivity index (χ2n) is 6.28. The van der Waals surface area contributed by atoms with Crippen LogP contribution in [-0.2, 0) is 6.54 Å². The van der Waals surface area contributed by atoms with Gasteiger partial charge in [0.25, 0.3) is 0 Å². The van der Waals surface area contributed by atoms with Crippen molar-refractivity contribution in [2.24, 2.45) is 0 Å². The smallest absolute Gasteiger partial charge is 0.119 e. The molecule has 0 spiro atoms. The van der Waals surface area contributed by atoms with E-state index in [2.05, 4.69) is 45.2 Å². The van der Waals surface area contributed by atoms with E-state index in [-0.39, 0.29) is 0 Å². The lowest BCUT2D eigenvalue weighted by molar-refractivity contribution is 0.140. The van der Waals surface area contributed by atoms with Crippen LogP contribution in [0.5, 0.6) is 5.75 Å². The molecule has 2 unspecified atom stereocenters. The van der Waals surface area contributed by atoms with E-state index < -0.39 is 0 Å². The van der Waals surface area contributed by atoms with E-state index in [4.69, 9.17) is 4.74 Å². The molecule has 2 aliphatic rings. The molecule has 116 valence electrons. The summed E-state index contributed by atoms with van der Waals surface area (Å²) >= 11 is 3.68. The lowest BCUT2D eigenvalue weighted by atomic mass is 9.97. The van der Waals surface area contributed by atoms with Crippen molar-refractivity contribution in [3.8, 4) is 5.75 Å². The molecule has 2 fully saturated rings. The summed E-state index contributed by atoms with van der Waals surface area (Å²) in [6, 6.07) is 8.46. The third-order valence-electron chi connectivity index (χ3n) is 5.00. The van der Waals surface area contributed by atoms with E-state index in [1.54, 1.807) is 7.11 Å². The van der Waals surface area contributed by atoms with Crippen LogP contribution in [0.15, 0.2) is 22.7 Å². The predicted octanol–water partition coefficient (Wildman–Crippen LogP) is 3.56. The second kappa shape index (κ2) is 6.67. The molecule has 0 radical (unpaired) electrons. The molecule has 4 heteroatoms. The van der Waals surface area contributed by atoms with Crippen LogP contribution in [0.1, 0.15) is 38.2 Å². The van der Waals surface area contributed by atoms with Gasteiger partial charge in [0.2, 0.25) is 0 Å². The number of fused-ring (bicyclic) bond motifs is 2. The van der Waals surface area contributed by atoms with E-state index in [9.17, 15) is 0 Å². The molecule has 2 atom stereocenters. The molecule has 1 aromatic rings. The molecule has 21 heavy (non-hydrogen) atoms. The minimum atomic E-state index is 0.715. The Balaban J connectivity index is 1.72. The summed E-state index contributed by atoms with van der Waals surface area (Å²) in [5.74, 6) is 0.939. The third kappa shape index (κ3) is 3.43. The SMILES string of the molecule is CCN(Cc1cc(OC)ccc1Br)C1CC2CCC(C1)N2. The molecule has 0 aliphatic carbocycles. The van der Waals surface area contributed by atoms with Crippen molar-refractivity contribution < 1.29 is 4.74 Å². The van der Waals surface area contributed by atoms with Gasteiger partial charge in [-0.05, 0) is 56.0 Å². The van der Waals surface area contributed by atoms with Gasteiger partial charge in [-0.25, -0.2) is 0 Å². The number of benzene rings is 1. The van der Waals surface area contributed by atoms with Gasteiger partial charge >= 0.3 is 0 Å². The van der Waals surface area contributed by atoms with Crippen molar-refractivity contribution in [3.63, 3.8) is 0 Å². The minimum Gasteiger partial charge on any atom is -0.497 e. The van der Waals surface area contributed by atoms with E-state index in [0.717, 1.165) is 30.9 Å². The zero-order valence-corrected chi connectivity index (χ0v) is 14.5. The first-order chi connectivity index (χ1) is 10.2. The van der Waals surface area contributed by atoms with Gasteiger partial charge in [0.1, 0.15) is 5.75 Å². The van der Waals surface area contributed by atoms with E-state index in [0.29, 0.717) is 6.04 Å². The first kappa shape index (κ1) is 15.3. The number of halogens is 1. The molecule has 0 saturated carbocycles. The van der Waals surface area contributed by atoms with Crippen molar-refractivity contribution in [2.75, 3.05) is 13.7 Å². The number of methoxy groups -OCH3 is 1. The van der Waals surface area contributed by atoms with Crippen LogP contribution < -0.4 is 10.1 Å². The van der Waals surface area contributed by atoms with Crippen LogP contribution in [0.2, 0.25) is 0 Å². The number of piperidine rings is 1. The Morgan fingerprint density at radius 3 is 2.62 bits per heavy atom. The minimum absolute atomic E-state index is 0.715. The van der Waals surface area contributed by atoms with Crippen LogP contribution in [-0.4, -0.2) is 36.7 Å². The molecule has 2 bridgehead atoms. The highest BCUT2D eigenvalue weighted by Crippen LogP contribution is 2.31. The number of nitrogens with one attached hydrogen (secondary N) is 1. The summed E-state index contributed by atoms with van der Waals surface area (Å²) in [5.41, 5.74) is 1.32. The summed E-state index contributed by atoms with van der Waals surface area (Å²) in [6.45, 7) is 4.38. The van der Waals surface area contributed by atoms with E-state index >= 15 is 0 Å². The standard InChI is InChI=1S/C17H25BrN2O/c1-3-20(15-9-13-4-5-14(10-15)19-13)11-12-8-16(21-2)6-7-17(12)18/h6-8,13-15,19H,3-5,9-11H2,1-2H3. The fourth-order valence-corrected chi connectivity index (χ4v) is 4.21. The number of hydrogen-bond donors (Lipinski definition) is 1. The van der Waals surface area contributed by atoms with Crippen molar-refractivity contribution in [3.05, 3.63) is 28.2 Å². The molecular formula is C17H25BrN2O. The maximum atomic E-state index is 5.37. The fourth-order valence-electron chi connectivity index (χ4n) is 3.84. The van der Waals surface area contributed by atoms with Crippen LogP contribution in [0.25, 0.3) is 0 Å². The molecule has 2 heterocycles. The highest BCUT2D eigenvalue weighted by atomic mass is 79.9. The Hall–Kier alpha value is -0.580. The van der Waals surface area contributed by atoms with Gasteiger partial charge < -0.3 is 10.1 Å². The normalized spacial score (nSPS) is 28.1. The molecule has 2 saturated heterocycles. The van der Waals surface area contributed by atoms with Crippen LogP contribution in [0.3, 0.4) is 0 Å². The van der Waals surface area contributed by atoms with Gasteiger partial charge in [-0.2, -0.15) is 0 Å². The topological polar surface area (TPSA) is 24.5 Å². The third-order valence-corrected chi connectivity index (χ3v) is 5.77. The summed E-state index contributed by atoms with van der Waals surface area (Å²) in [5, 5.41) is 3.74. The first-order valence-corrected chi connectivity index (χ1v) is 8.81. The molecule has 3 rings (SSSR count). The van der Waals surface area contributed by atoms with Crippen LogP contribution in [0.4, 0.5) is 0 Å². The quantitative estimate of drug-likeness (QED) is 0.876. The number of nitrogens with zero attached hydrogens (tertiary/aromatic N) is 1. The van der Waals surface area contributed by atoms with Crippen LogP contribution >= 0.6 is 15.9 Å². The number of ether oxygens (including phenoxy) is 1. The van der Waals surface area contributed by atoms with Crippen LogP contribution in [0, 0.1) is 0 Å². The van der Waals surface area contributed by atoms with E-state index in [1.165, 1.54) is 35.7 Å². The lowest BCUT2D eigenvalue weighted by Gasteiger charge is -2.37. The van der Waals surface area contributed by atoms with Gasteiger partial charge in [0, 0.05) is 29.1 Å². The van der Waals surface area contributed by atoms with Gasteiger partial charge in [-0.15, -0.1) is 0 Å². The van der Waals surface area contributed by atoms with E-state index in [1.807, 2.05) is 6.07 Å². The summed E-state index contributed by atoms with van der Waals surface area (Å²) in [6.07, 6.45) is 5.32. The summed E-state index contributed by atoms with van der Waals surface area (Å²) in [7, 11) is 1.73. The predicted molar refractivity (Wildman–Crippen MR) is 89.7 cm³/mol. The van der Waals surface area contributed by atoms with Gasteiger partial charge in [-0.3, -0.25) is 4.90 Å². The lowest BCUT2D eigenvalue weighted by Crippen LogP contribution is -2.47. The first-order valence-electron chi connectivity index (χ1n) is 8.02. The Morgan fingerprint density at radius 2 is 2.00 bits per heavy atom. The molecule has 1 aromatic carbocycles. The zero-order valence-electron chi connectivity index (χ0n) is 12.9. The molecule has 3 nitrogen and oxygen atoms in total. The monoisotopic (exact) mass is 352 g/mol. The molecule has 0 amide bonds. The number of rotatable bonds is 5. The Morgan fingerprint density at radius 1 is 1.29 bits per heavy atom. The molecule has 1 N–H and O–H groups in total. The molecule has 0 aromatic heterocycles. The van der Waals surface area contributed by atoms with Crippen molar-refractivity contribution in [1.82, 2.24) is 10.2 Å². The highest BCUT2D eigenvalue weighted by Gasteiger charge is 2.35. The molecule has 2 aliphatic heterocycles. The number of hydrogen-bond acceptors (Lipinski definition) is 3. The summed E-state index contributed by atoms with van der Waals surface area (Å²) < 4.78 is 6.54. The second-order valence-corrected chi connectivity index (χ2v) is 7.14. The maximum Gasteiger partial charge on any atom is 0.119 e. The van der Waals surface area contributed by atoms with Crippen molar-refractivity contribution >= 4 is 15.9 Å². The largest absolute Gasteiger partial charge is 0.497 e. The van der Waals surface area contributed by atoms with Crippen molar-refractivity contribution in [2.45, 2.75) is 57.3 Å². The molecular weight excluding hydrogens is 328 g/mol.